The molecular weight excluding hydrogens is 370 g/mol. The molecule has 3 N–H and O–H groups in total. The Labute approximate surface area is 148 Å². The number of ketones is 1. The highest BCUT2D eigenvalue weighted by Gasteiger charge is 2.58. The van der Waals surface area contributed by atoms with Gasteiger partial charge in [0.05, 0.1) is 11.7 Å². The molecule has 124 valence electrons. The fourth-order valence-electron chi connectivity index (χ4n) is 5.64. The zero-order chi connectivity index (χ0) is 16.2. The fraction of sp³-hybridized carbons (Fsp3) is 0.500. The van der Waals surface area contributed by atoms with Gasteiger partial charge in [-0.1, -0.05) is 22.0 Å². The molecule has 0 aromatic carbocycles. The van der Waals surface area contributed by atoms with Gasteiger partial charge in [0.25, 0.3) is 0 Å². The van der Waals surface area contributed by atoms with Crippen molar-refractivity contribution < 1.29 is 9.90 Å². The summed E-state index contributed by atoms with van der Waals surface area (Å²) in [7, 11) is 0. The van der Waals surface area contributed by atoms with Crippen molar-refractivity contribution in [1.29, 1.82) is 0 Å². The third kappa shape index (κ3) is 1.36. The number of hydrogen-bond donors (Lipinski definition) is 3. The lowest BCUT2D eigenvalue weighted by Gasteiger charge is -2.58. The monoisotopic (exact) mass is 387 g/mol. The van der Waals surface area contributed by atoms with Crippen LogP contribution in [0.4, 0.5) is 0 Å². The van der Waals surface area contributed by atoms with Crippen LogP contribution in [0.3, 0.4) is 0 Å². The van der Waals surface area contributed by atoms with E-state index in [1.165, 1.54) is 22.4 Å². The summed E-state index contributed by atoms with van der Waals surface area (Å²) in [4.78, 5) is 15.5. The Morgan fingerprint density at radius 3 is 3.17 bits per heavy atom. The van der Waals surface area contributed by atoms with E-state index in [1.807, 2.05) is 6.20 Å². The van der Waals surface area contributed by atoms with Gasteiger partial charge in [0, 0.05) is 46.0 Å². The van der Waals surface area contributed by atoms with E-state index in [1.54, 1.807) is 0 Å². The minimum Gasteiger partial charge on any atom is -0.386 e. The van der Waals surface area contributed by atoms with E-state index in [4.69, 9.17) is 0 Å². The van der Waals surface area contributed by atoms with Gasteiger partial charge >= 0.3 is 0 Å². The second-order valence-electron chi connectivity index (χ2n) is 7.67. The standard InChI is InChI=1S/C18H18BrN3O2/c19-9-5-18-2-3-20-14-12(18)15-11-8(7-21-13(11)17(14)24)1-4-22(15)10(6-18)16(9)23/h5,7,10,13,16,20-21,23H,1-4,6H2. The molecule has 0 amide bonds. The number of allylic oxidation sites excluding steroid dienone is 2. The van der Waals surface area contributed by atoms with Gasteiger partial charge in [0.1, 0.15) is 12.1 Å². The Balaban J connectivity index is 1.72. The molecule has 6 heteroatoms. The fourth-order valence-corrected chi connectivity index (χ4v) is 6.38. The third-order valence-electron chi connectivity index (χ3n) is 6.62. The highest BCUT2D eigenvalue weighted by molar-refractivity contribution is 9.11. The number of halogens is 1. The third-order valence-corrected chi connectivity index (χ3v) is 7.32. The maximum absolute atomic E-state index is 13.1. The van der Waals surface area contributed by atoms with Gasteiger partial charge in [-0.05, 0) is 24.8 Å². The molecule has 0 aromatic rings. The molecular formula is C18H18BrN3O2. The van der Waals surface area contributed by atoms with E-state index in [9.17, 15) is 9.90 Å². The molecule has 0 saturated carbocycles. The number of piperidine rings is 1. The number of rotatable bonds is 0. The maximum Gasteiger partial charge on any atom is 0.205 e. The SMILES string of the molecule is O=C1C2=C3C4=C5C(=CNC15)CCN4C1CC3(C=C(Br)C1O)CCN2. The molecule has 24 heavy (non-hydrogen) atoms. The van der Waals surface area contributed by atoms with Gasteiger partial charge in [-0.3, -0.25) is 4.79 Å². The van der Waals surface area contributed by atoms with Crippen molar-refractivity contribution in [3.63, 3.8) is 0 Å². The summed E-state index contributed by atoms with van der Waals surface area (Å²) in [6.07, 6.45) is 6.52. The molecule has 1 spiro atoms. The molecule has 4 atom stereocenters. The topological polar surface area (TPSA) is 64.6 Å². The smallest absolute Gasteiger partial charge is 0.205 e. The number of carbonyl (C=O) groups is 1. The first kappa shape index (κ1) is 13.7. The lowest BCUT2D eigenvalue weighted by molar-refractivity contribution is -0.117. The Bertz CT molecular complexity index is 839. The number of aliphatic hydroxyl groups excluding tert-OH is 1. The number of aliphatic hydroxyl groups is 1. The Kier molecular flexibility index (Phi) is 2.38. The van der Waals surface area contributed by atoms with Crippen LogP contribution in [-0.2, 0) is 4.79 Å². The average molecular weight is 388 g/mol. The van der Waals surface area contributed by atoms with Crippen molar-refractivity contribution in [2.45, 2.75) is 37.5 Å². The molecule has 4 unspecified atom stereocenters. The molecule has 0 aromatic heterocycles. The highest BCUT2D eigenvalue weighted by Crippen LogP contribution is 2.59. The summed E-state index contributed by atoms with van der Waals surface area (Å²) >= 11 is 3.60. The van der Waals surface area contributed by atoms with Crippen molar-refractivity contribution >= 4 is 21.7 Å². The first-order chi connectivity index (χ1) is 11.6. The van der Waals surface area contributed by atoms with Gasteiger partial charge in [-0.15, -0.1) is 0 Å². The Hall–Kier alpha value is -1.53. The van der Waals surface area contributed by atoms with E-state index in [0.29, 0.717) is 0 Å². The second kappa shape index (κ2) is 4.17. The lowest BCUT2D eigenvalue weighted by atomic mass is 9.59. The summed E-state index contributed by atoms with van der Waals surface area (Å²) < 4.78 is 0.872. The lowest BCUT2D eigenvalue weighted by Crippen LogP contribution is -2.61. The number of nitrogens with zero attached hydrogens (tertiary/aromatic N) is 1. The maximum atomic E-state index is 13.1. The van der Waals surface area contributed by atoms with Crippen LogP contribution in [0.2, 0.25) is 0 Å². The van der Waals surface area contributed by atoms with Crippen LogP contribution in [-0.4, -0.2) is 47.1 Å². The number of carbonyl (C=O) groups excluding carboxylic acids is 1. The molecule has 4 aliphatic heterocycles. The Morgan fingerprint density at radius 1 is 1.42 bits per heavy atom. The number of fused-ring (bicyclic) bond motifs is 2. The Morgan fingerprint density at radius 2 is 2.29 bits per heavy atom. The van der Waals surface area contributed by atoms with Crippen molar-refractivity contribution in [3.05, 3.63) is 44.9 Å². The van der Waals surface area contributed by atoms with Crippen LogP contribution in [0, 0.1) is 5.41 Å². The van der Waals surface area contributed by atoms with Crippen molar-refractivity contribution in [2.24, 2.45) is 5.41 Å². The quantitative estimate of drug-likeness (QED) is 0.579. The zero-order valence-corrected chi connectivity index (χ0v) is 14.7. The van der Waals surface area contributed by atoms with E-state index >= 15 is 0 Å². The van der Waals surface area contributed by atoms with Crippen molar-refractivity contribution in [2.75, 3.05) is 13.1 Å². The van der Waals surface area contributed by atoms with Gasteiger partial charge in [0.15, 0.2) is 0 Å². The molecule has 1 fully saturated rings. The second-order valence-corrected chi connectivity index (χ2v) is 8.58. The van der Waals surface area contributed by atoms with E-state index in [0.717, 1.165) is 42.5 Å². The summed E-state index contributed by atoms with van der Waals surface area (Å²) in [5, 5.41) is 17.5. The van der Waals surface area contributed by atoms with Gasteiger partial charge in [0.2, 0.25) is 5.78 Å². The molecule has 6 aliphatic rings. The first-order valence-electron chi connectivity index (χ1n) is 8.66. The van der Waals surface area contributed by atoms with Crippen LogP contribution in [0.15, 0.2) is 44.9 Å². The van der Waals surface area contributed by atoms with E-state index in [2.05, 4.69) is 37.5 Å². The minimum atomic E-state index is -0.486. The molecule has 5 nitrogen and oxygen atoms in total. The number of hydrogen-bond acceptors (Lipinski definition) is 5. The summed E-state index contributed by atoms with van der Waals surface area (Å²) in [6.45, 7) is 1.71. The predicted octanol–water partition coefficient (Wildman–Crippen LogP) is 1.04. The zero-order valence-electron chi connectivity index (χ0n) is 13.1. The predicted molar refractivity (Wildman–Crippen MR) is 91.9 cm³/mol. The molecule has 2 bridgehead atoms. The number of Topliss-reactive ketones (excluding diaryl/α,β-unsaturated/α-hetero) is 1. The normalized spacial score (nSPS) is 41.5. The van der Waals surface area contributed by atoms with Gasteiger partial charge < -0.3 is 20.6 Å². The summed E-state index contributed by atoms with van der Waals surface area (Å²) in [6, 6.07) is -0.159. The van der Waals surface area contributed by atoms with E-state index < -0.39 is 6.10 Å². The van der Waals surface area contributed by atoms with Crippen LogP contribution < -0.4 is 10.6 Å². The summed E-state index contributed by atoms with van der Waals surface area (Å²) in [5.74, 6) is 0.171. The minimum absolute atomic E-state index is 0.0889. The highest BCUT2D eigenvalue weighted by atomic mass is 79.9. The molecule has 4 heterocycles. The molecule has 1 saturated heterocycles. The molecule has 2 aliphatic carbocycles. The van der Waals surface area contributed by atoms with Crippen LogP contribution in [0.25, 0.3) is 0 Å². The molecule has 0 radical (unpaired) electrons. The number of nitrogens with one attached hydrogen (secondary N) is 2. The van der Waals surface area contributed by atoms with Crippen molar-refractivity contribution in [1.82, 2.24) is 15.5 Å². The summed E-state index contributed by atoms with van der Waals surface area (Å²) in [5.41, 5.74) is 5.50. The average Bonchev–Trinajstić information content (AvgIpc) is 3.01. The van der Waals surface area contributed by atoms with Gasteiger partial charge in [-0.2, -0.15) is 0 Å². The van der Waals surface area contributed by atoms with Crippen molar-refractivity contribution in [3.8, 4) is 0 Å². The first-order valence-corrected chi connectivity index (χ1v) is 9.46. The molecule has 6 rings (SSSR count). The largest absolute Gasteiger partial charge is 0.386 e. The van der Waals surface area contributed by atoms with Crippen LogP contribution in [0.1, 0.15) is 19.3 Å². The van der Waals surface area contributed by atoms with Crippen LogP contribution >= 0.6 is 15.9 Å². The van der Waals surface area contributed by atoms with Gasteiger partial charge in [-0.25, -0.2) is 0 Å². The van der Waals surface area contributed by atoms with E-state index in [-0.39, 0.29) is 23.3 Å². The van der Waals surface area contributed by atoms with Crippen LogP contribution in [0.5, 0.6) is 0 Å².